The molecule has 5 rings (SSSR count). The molecule has 3 aromatic carbocycles. The van der Waals surface area contributed by atoms with Gasteiger partial charge in [-0.2, -0.15) is 0 Å². The summed E-state index contributed by atoms with van der Waals surface area (Å²) in [5.74, 6) is -0.225. The third-order valence-electron chi connectivity index (χ3n) is 5.22. The number of carbonyl (C=O) groups is 1. The Morgan fingerprint density at radius 2 is 1.68 bits per heavy atom. The molecule has 0 unspecified atom stereocenters. The van der Waals surface area contributed by atoms with Crippen molar-refractivity contribution in [2.75, 3.05) is 31.1 Å². The van der Waals surface area contributed by atoms with Crippen molar-refractivity contribution in [3.63, 3.8) is 0 Å². The van der Waals surface area contributed by atoms with E-state index in [0.29, 0.717) is 31.7 Å². The molecule has 0 radical (unpaired) electrons. The summed E-state index contributed by atoms with van der Waals surface area (Å²) in [6.07, 6.45) is 0. The van der Waals surface area contributed by atoms with Gasteiger partial charge < -0.3 is 9.80 Å². The molecule has 1 saturated heterocycles. The predicted octanol–water partition coefficient (Wildman–Crippen LogP) is 4.55. The average molecular weight is 391 g/mol. The smallest absolute Gasteiger partial charge is 0.254 e. The molecule has 1 aliphatic heterocycles. The van der Waals surface area contributed by atoms with Crippen molar-refractivity contribution in [3.8, 4) is 0 Å². The van der Waals surface area contributed by atoms with Crippen molar-refractivity contribution < 1.29 is 9.18 Å². The zero-order chi connectivity index (χ0) is 19.1. The molecule has 4 nitrogen and oxygen atoms in total. The largest absolute Gasteiger partial charge is 0.345 e. The standard InChI is InChI=1S/C22H18FN3OS/c23-18-9-4-10-19-20(18)24-22(28-19)26-13-11-25(12-14-26)21(27)17-8-3-6-15-5-1-2-7-16(15)17/h1-10H,11-14H2. The quantitative estimate of drug-likeness (QED) is 0.503. The Kier molecular flexibility index (Phi) is 4.20. The normalized spacial score (nSPS) is 14.8. The number of fused-ring (bicyclic) bond motifs is 2. The van der Waals surface area contributed by atoms with Crippen LogP contribution in [0, 0.1) is 5.82 Å². The highest BCUT2D eigenvalue weighted by molar-refractivity contribution is 7.22. The van der Waals surface area contributed by atoms with Gasteiger partial charge in [-0.25, -0.2) is 9.37 Å². The summed E-state index contributed by atoms with van der Waals surface area (Å²) in [7, 11) is 0. The molecule has 2 heterocycles. The zero-order valence-corrected chi connectivity index (χ0v) is 16.0. The van der Waals surface area contributed by atoms with E-state index in [4.69, 9.17) is 0 Å². The minimum absolute atomic E-state index is 0.0618. The Morgan fingerprint density at radius 1 is 0.929 bits per heavy atom. The Balaban J connectivity index is 1.35. The summed E-state index contributed by atoms with van der Waals surface area (Å²) in [5.41, 5.74) is 1.17. The Labute approximate surface area is 165 Å². The van der Waals surface area contributed by atoms with E-state index in [0.717, 1.165) is 26.2 Å². The van der Waals surface area contributed by atoms with Crippen LogP contribution in [-0.4, -0.2) is 42.0 Å². The fourth-order valence-corrected chi connectivity index (χ4v) is 4.75. The molecule has 4 aromatic rings. The van der Waals surface area contributed by atoms with Gasteiger partial charge in [0, 0.05) is 31.7 Å². The van der Waals surface area contributed by atoms with Crippen molar-refractivity contribution >= 4 is 43.4 Å². The van der Waals surface area contributed by atoms with E-state index < -0.39 is 0 Å². The molecule has 28 heavy (non-hydrogen) atoms. The number of hydrogen-bond acceptors (Lipinski definition) is 4. The lowest BCUT2D eigenvalue weighted by Gasteiger charge is -2.34. The van der Waals surface area contributed by atoms with Gasteiger partial charge in [-0.3, -0.25) is 4.79 Å². The SMILES string of the molecule is O=C(c1cccc2ccccc12)N1CCN(c2nc3c(F)cccc3s2)CC1. The lowest BCUT2D eigenvalue weighted by atomic mass is 10.0. The fourth-order valence-electron chi connectivity index (χ4n) is 3.72. The number of amides is 1. The van der Waals surface area contributed by atoms with E-state index in [2.05, 4.69) is 9.88 Å². The van der Waals surface area contributed by atoms with Crippen molar-refractivity contribution in [1.82, 2.24) is 9.88 Å². The van der Waals surface area contributed by atoms with Crippen LogP contribution in [0.15, 0.2) is 60.7 Å². The van der Waals surface area contributed by atoms with E-state index in [1.165, 1.54) is 17.4 Å². The van der Waals surface area contributed by atoms with Crippen molar-refractivity contribution in [3.05, 3.63) is 72.0 Å². The molecule has 0 saturated carbocycles. The number of benzene rings is 3. The molecule has 1 amide bonds. The van der Waals surface area contributed by atoms with E-state index >= 15 is 0 Å². The number of halogens is 1. The number of nitrogens with zero attached hydrogens (tertiary/aromatic N) is 3. The third-order valence-corrected chi connectivity index (χ3v) is 6.30. The third kappa shape index (κ3) is 2.90. The summed E-state index contributed by atoms with van der Waals surface area (Å²) < 4.78 is 14.8. The first kappa shape index (κ1) is 17.1. The highest BCUT2D eigenvalue weighted by Gasteiger charge is 2.25. The molecule has 0 spiro atoms. The highest BCUT2D eigenvalue weighted by Crippen LogP contribution is 2.31. The van der Waals surface area contributed by atoms with Gasteiger partial charge in [0.25, 0.3) is 5.91 Å². The predicted molar refractivity (Wildman–Crippen MR) is 112 cm³/mol. The molecule has 0 bridgehead atoms. The van der Waals surface area contributed by atoms with Crippen LogP contribution in [0.4, 0.5) is 9.52 Å². The highest BCUT2D eigenvalue weighted by atomic mass is 32.1. The van der Waals surface area contributed by atoms with Gasteiger partial charge in [0.1, 0.15) is 11.3 Å². The average Bonchev–Trinajstić information content (AvgIpc) is 3.19. The molecule has 0 N–H and O–H groups in total. The molecule has 140 valence electrons. The zero-order valence-electron chi connectivity index (χ0n) is 15.1. The van der Waals surface area contributed by atoms with Crippen LogP contribution in [0.5, 0.6) is 0 Å². The Hall–Kier alpha value is -2.99. The van der Waals surface area contributed by atoms with Crippen LogP contribution in [-0.2, 0) is 0 Å². The Morgan fingerprint density at radius 3 is 2.50 bits per heavy atom. The maximum absolute atomic E-state index is 13.9. The first-order chi connectivity index (χ1) is 13.7. The molecule has 6 heteroatoms. The second kappa shape index (κ2) is 6.87. The molecule has 1 fully saturated rings. The lowest BCUT2D eigenvalue weighted by Crippen LogP contribution is -2.48. The summed E-state index contributed by atoms with van der Waals surface area (Å²) in [4.78, 5) is 21.6. The van der Waals surface area contributed by atoms with E-state index in [9.17, 15) is 9.18 Å². The van der Waals surface area contributed by atoms with Gasteiger partial charge in [0.05, 0.1) is 4.70 Å². The van der Waals surface area contributed by atoms with Gasteiger partial charge in [-0.15, -0.1) is 0 Å². The monoisotopic (exact) mass is 391 g/mol. The summed E-state index contributed by atoms with van der Waals surface area (Å²) >= 11 is 1.50. The molecular formula is C22H18FN3OS. The van der Waals surface area contributed by atoms with Crippen LogP contribution >= 0.6 is 11.3 Å². The van der Waals surface area contributed by atoms with Gasteiger partial charge in [-0.1, -0.05) is 53.8 Å². The van der Waals surface area contributed by atoms with Gasteiger partial charge in [0.15, 0.2) is 5.13 Å². The second-order valence-electron chi connectivity index (χ2n) is 6.89. The Bertz CT molecular complexity index is 1180. The maximum atomic E-state index is 13.9. The van der Waals surface area contributed by atoms with Crippen LogP contribution in [0.1, 0.15) is 10.4 Å². The second-order valence-corrected chi connectivity index (χ2v) is 7.90. The number of aromatic nitrogens is 1. The maximum Gasteiger partial charge on any atom is 0.254 e. The number of rotatable bonds is 2. The molecule has 0 atom stereocenters. The molecule has 0 aliphatic carbocycles. The van der Waals surface area contributed by atoms with Gasteiger partial charge in [-0.05, 0) is 29.0 Å². The topological polar surface area (TPSA) is 36.4 Å². The lowest BCUT2D eigenvalue weighted by molar-refractivity contribution is 0.0749. The summed E-state index contributed by atoms with van der Waals surface area (Å²) in [6.45, 7) is 2.64. The minimum atomic E-state index is -0.287. The minimum Gasteiger partial charge on any atom is -0.345 e. The number of piperazine rings is 1. The summed E-state index contributed by atoms with van der Waals surface area (Å²) in [5, 5.41) is 2.87. The van der Waals surface area contributed by atoms with Crippen LogP contribution in [0.2, 0.25) is 0 Å². The number of para-hydroxylation sites is 1. The number of anilines is 1. The van der Waals surface area contributed by atoms with E-state index in [1.54, 1.807) is 6.07 Å². The van der Waals surface area contributed by atoms with E-state index in [-0.39, 0.29) is 11.7 Å². The van der Waals surface area contributed by atoms with Crippen molar-refractivity contribution in [1.29, 1.82) is 0 Å². The first-order valence-electron chi connectivity index (χ1n) is 9.28. The number of carbonyl (C=O) groups excluding carboxylic acids is 1. The van der Waals surface area contributed by atoms with Crippen LogP contribution < -0.4 is 4.90 Å². The van der Waals surface area contributed by atoms with Crippen molar-refractivity contribution in [2.45, 2.75) is 0 Å². The molecule has 1 aliphatic rings. The summed E-state index contributed by atoms with van der Waals surface area (Å²) in [6, 6.07) is 18.8. The first-order valence-corrected chi connectivity index (χ1v) is 10.1. The molecule has 1 aromatic heterocycles. The van der Waals surface area contributed by atoms with Gasteiger partial charge in [0.2, 0.25) is 0 Å². The molecular weight excluding hydrogens is 373 g/mol. The van der Waals surface area contributed by atoms with E-state index in [1.807, 2.05) is 53.4 Å². The van der Waals surface area contributed by atoms with Crippen molar-refractivity contribution in [2.24, 2.45) is 0 Å². The number of thiazole rings is 1. The fraction of sp³-hybridized carbons (Fsp3) is 0.182. The van der Waals surface area contributed by atoms with Gasteiger partial charge >= 0.3 is 0 Å². The van der Waals surface area contributed by atoms with Crippen LogP contribution in [0.25, 0.3) is 21.0 Å². The van der Waals surface area contributed by atoms with Crippen LogP contribution in [0.3, 0.4) is 0 Å². The number of hydrogen-bond donors (Lipinski definition) is 0.